The molecule has 0 saturated carbocycles. The molecule has 0 aliphatic rings. The first-order chi connectivity index (χ1) is 5.43. The molecule has 3 nitrogen and oxygen atoms in total. The quantitative estimate of drug-likeness (QED) is 0.483. The number of methoxy groups -OCH3 is 1. The van der Waals surface area contributed by atoms with Crippen molar-refractivity contribution in [1.82, 2.24) is 0 Å². The summed E-state index contributed by atoms with van der Waals surface area (Å²) in [6.45, 7) is 1.33. The van der Waals surface area contributed by atoms with E-state index in [-0.39, 0.29) is 0 Å². The fourth-order valence-electron chi connectivity index (χ4n) is 0.663. The van der Waals surface area contributed by atoms with Gasteiger partial charge in [0.25, 0.3) is 0 Å². The van der Waals surface area contributed by atoms with Crippen molar-refractivity contribution < 1.29 is 9.15 Å². The van der Waals surface area contributed by atoms with E-state index in [1.807, 2.05) is 12.1 Å². The molecule has 0 aliphatic heterocycles. The number of nitrogens with zero attached hydrogens (tertiary/aromatic N) is 1. The SMILES string of the molecule is COCCN=Cc1ccco1. The zero-order valence-electron chi connectivity index (χ0n) is 6.49. The summed E-state index contributed by atoms with van der Waals surface area (Å²) in [6, 6.07) is 3.69. The molecule has 60 valence electrons. The molecule has 0 saturated heterocycles. The van der Waals surface area contributed by atoms with Gasteiger partial charge in [0, 0.05) is 7.11 Å². The van der Waals surface area contributed by atoms with Crippen molar-refractivity contribution in [3.05, 3.63) is 24.2 Å². The Kier molecular flexibility index (Phi) is 3.41. The van der Waals surface area contributed by atoms with Crippen LogP contribution in [0.3, 0.4) is 0 Å². The maximum atomic E-state index is 5.02. The summed E-state index contributed by atoms with van der Waals surface area (Å²) >= 11 is 0. The second-order valence-electron chi connectivity index (χ2n) is 2.04. The smallest absolute Gasteiger partial charge is 0.144 e. The van der Waals surface area contributed by atoms with Crippen LogP contribution in [0.2, 0.25) is 0 Å². The summed E-state index contributed by atoms with van der Waals surface area (Å²) in [5.41, 5.74) is 0. The number of hydrogen-bond acceptors (Lipinski definition) is 3. The van der Waals surface area contributed by atoms with Gasteiger partial charge in [0.2, 0.25) is 0 Å². The van der Waals surface area contributed by atoms with E-state index in [0.717, 1.165) is 5.76 Å². The van der Waals surface area contributed by atoms with Gasteiger partial charge in [0.1, 0.15) is 5.76 Å². The molecule has 1 rings (SSSR count). The van der Waals surface area contributed by atoms with Gasteiger partial charge >= 0.3 is 0 Å². The van der Waals surface area contributed by atoms with Gasteiger partial charge in [-0.1, -0.05) is 0 Å². The van der Waals surface area contributed by atoms with E-state index >= 15 is 0 Å². The third-order valence-electron chi connectivity index (χ3n) is 1.19. The molecule has 0 atom stereocenters. The summed E-state index contributed by atoms with van der Waals surface area (Å²) in [6.07, 6.45) is 3.32. The van der Waals surface area contributed by atoms with Gasteiger partial charge in [-0.15, -0.1) is 0 Å². The molecule has 1 heterocycles. The topological polar surface area (TPSA) is 34.7 Å². The lowest BCUT2D eigenvalue weighted by atomic mass is 10.5. The van der Waals surface area contributed by atoms with Gasteiger partial charge in [-0.3, -0.25) is 4.99 Å². The molecule has 0 bridgehead atoms. The number of furan rings is 1. The van der Waals surface area contributed by atoms with Crippen LogP contribution in [0.15, 0.2) is 27.8 Å². The molecule has 0 aromatic carbocycles. The highest BCUT2D eigenvalue weighted by Crippen LogP contribution is 1.94. The lowest BCUT2D eigenvalue weighted by Crippen LogP contribution is -1.92. The monoisotopic (exact) mass is 153 g/mol. The highest BCUT2D eigenvalue weighted by molar-refractivity contribution is 5.75. The van der Waals surface area contributed by atoms with E-state index in [1.54, 1.807) is 19.6 Å². The minimum Gasteiger partial charge on any atom is -0.463 e. The maximum Gasteiger partial charge on any atom is 0.144 e. The Bertz CT molecular complexity index is 204. The standard InChI is InChI=1S/C8H11NO2/c1-10-6-4-9-7-8-3-2-5-11-8/h2-3,5,7H,4,6H2,1H3. The van der Waals surface area contributed by atoms with E-state index in [1.165, 1.54) is 0 Å². The fourth-order valence-corrected chi connectivity index (χ4v) is 0.663. The van der Waals surface area contributed by atoms with E-state index < -0.39 is 0 Å². The Hall–Kier alpha value is -1.09. The number of hydrogen-bond donors (Lipinski definition) is 0. The first-order valence-corrected chi connectivity index (χ1v) is 3.46. The first kappa shape index (κ1) is 8.01. The molecule has 0 amide bonds. The lowest BCUT2D eigenvalue weighted by molar-refractivity contribution is 0.208. The summed E-state index contributed by atoms with van der Waals surface area (Å²) in [5, 5.41) is 0. The van der Waals surface area contributed by atoms with Gasteiger partial charge in [0.15, 0.2) is 0 Å². The van der Waals surface area contributed by atoms with Crippen molar-refractivity contribution in [2.24, 2.45) is 4.99 Å². The number of ether oxygens (including phenoxy) is 1. The minimum absolute atomic E-state index is 0.650. The first-order valence-electron chi connectivity index (χ1n) is 3.46. The van der Waals surface area contributed by atoms with E-state index in [9.17, 15) is 0 Å². The van der Waals surface area contributed by atoms with Crippen LogP contribution in [-0.4, -0.2) is 26.5 Å². The average Bonchev–Trinajstić information content (AvgIpc) is 2.50. The van der Waals surface area contributed by atoms with Gasteiger partial charge in [-0.05, 0) is 12.1 Å². The van der Waals surface area contributed by atoms with Gasteiger partial charge in [-0.2, -0.15) is 0 Å². The summed E-state index contributed by atoms with van der Waals surface area (Å²) in [4.78, 5) is 4.06. The van der Waals surface area contributed by atoms with Crippen molar-refractivity contribution in [2.45, 2.75) is 0 Å². The van der Waals surface area contributed by atoms with Crippen molar-refractivity contribution in [2.75, 3.05) is 20.3 Å². The molecule has 0 fully saturated rings. The molecule has 0 aliphatic carbocycles. The molecular formula is C8H11NO2. The van der Waals surface area contributed by atoms with Crippen LogP contribution in [-0.2, 0) is 4.74 Å². The average molecular weight is 153 g/mol. The second-order valence-corrected chi connectivity index (χ2v) is 2.04. The molecule has 1 aromatic rings. The van der Waals surface area contributed by atoms with Crippen molar-refractivity contribution in [3.63, 3.8) is 0 Å². The summed E-state index contributed by atoms with van der Waals surface area (Å²) in [7, 11) is 1.66. The van der Waals surface area contributed by atoms with E-state index in [0.29, 0.717) is 13.2 Å². The van der Waals surface area contributed by atoms with Crippen LogP contribution in [0.4, 0.5) is 0 Å². The normalized spacial score (nSPS) is 11.0. The summed E-state index contributed by atoms with van der Waals surface area (Å²) in [5.74, 6) is 0.779. The van der Waals surface area contributed by atoms with Crippen LogP contribution < -0.4 is 0 Å². The van der Waals surface area contributed by atoms with Gasteiger partial charge in [0.05, 0.1) is 25.6 Å². The molecule has 3 heteroatoms. The Morgan fingerprint density at radius 1 is 1.73 bits per heavy atom. The van der Waals surface area contributed by atoms with Crippen LogP contribution in [0.5, 0.6) is 0 Å². The zero-order chi connectivity index (χ0) is 7.94. The summed E-state index contributed by atoms with van der Waals surface area (Å²) < 4.78 is 9.84. The van der Waals surface area contributed by atoms with Crippen LogP contribution >= 0.6 is 0 Å². The van der Waals surface area contributed by atoms with Crippen molar-refractivity contribution in [1.29, 1.82) is 0 Å². The van der Waals surface area contributed by atoms with E-state index in [2.05, 4.69) is 4.99 Å². The Balaban J connectivity index is 2.25. The third kappa shape index (κ3) is 3.00. The van der Waals surface area contributed by atoms with Crippen molar-refractivity contribution >= 4 is 6.21 Å². The lowest BCUT2D eigenvalue weighted by Gasteiger charge is -1.89. The molecule has 0 unspecified atom stereocenters. The Labute approximate surface area is 65.7 Å². The predicted molar refractivity (Wildman–Crippen MR) is 43.0 cm³/mol. The van der Waals surface area contributed by atoms with Crippen LogP contribution in [0, 0.1) is 0 Å². The third-order valence-corrected chi connectivity index (χ3v) is 1.19. The van der Waals surface area contributed by atoms with E-state index in [4.69, 9.17) is 9.15 Å². The van der Waals surface area contributed by atoms with Crippen LogP contribution in [0.25, 0.3) is 0 Å². The molecular weight excluding hydrogens is 142 g/mol. The van der Waals surface area contributed by atoms with Crippen molar-refractivity contribution in [3.8, 4) is 0 Å². The molecule has 0 spiro atoms. The highest BCUT2D eigenvalue weighted by Gasteiger charge is 1.86. The second kappa shape index (κ2) is 4.68. The predicted octanol–water partition coefficient (Wildman–Crippen LogP) is 1.34. The fraction of sp³-hybridized carbons (Fsp3) is 0.375. The minimum atomic E-state index is 0.650. The number of aliphatic imine (C=N–C) groups is 1. The van der Waals surface area contributed by atoms with Gasteiger partial charge < -0.3 is 9.15 Å². The Morgan fingerprint density at radius 3 is 3.27 bits per heavy atom. The molecule has 0 N–H and O–H groups in total. The zero-order valence-corrected chi connectivity index (χ0v) is 6.49. The Morgan fingerprint density at radius 2 is 2.64 bits per heavy atom. The van der Waals surface area contributed by atoms with Gasteiger partial charge in [-0.25, -0.2) is 0 Å². The number of rotatable bonds is 4. The maximum absolute atomic E-state index is 5.02. The van der Waals surface area contributed by atoms with Crippen LogP contribution in [0.1, 0.15) is 5.76 Å². The molecule has 0 radical (unpaired) electrons. The molecule has 11 heavy (non-hydrogen) atoms. The highest BCUT2D eigenvalue weighted by atomic mass is 16.5. The largest absolute Gasteiger partial charge is 0.463 e. The molecule has 1 aromatic heterocycles.